The van der Waals surface area contributed by atoms with Gasteiger partial charge in [0.1, 0.15) is 5.75 Å². The lowest BCUT2D eigenvalue weighted by molar-refractivity contribution is -0.122. The number of rotatable bonds is 4. The molecule has 0 bridgehead atoms. The van der Waals surface area contributed by atoms with Gasteiger partial charge in [-0.2, -0.15) is 0 Å². The summed E-state index contributed by atoms with van der Waals surface area (Å²) >= 11 is 0. The number of ether oxygens (including phenoxy) is 1. The van der Waals surface area contributed by atoms with Gasteiger partial charge in [-0.3, -0.25) is 19.3 Å². The van der Waals surface area contributed by atoms with Gasteiger partial charge in [0.05, 0.1) is 24.6 Å². The summed E-state index contributed by atoms with van der Waals surface area (Å²) in [6.45, 7) is 0. The molecule has 1 saturated heterocycles. The number of nitrogens with one attached hydrogen (secondary N) is 1. The monoisotopic (exact) mass is 378 g/mol. The molecule has 0 aromatic heterocycles. The number of nitrogens with zero attached hydrogens (tertiary/aromatic N) is 1. The van der Waals surface area contributed by atoms with Crippen LogP contribution in [0.25, 0.3) is 0 Å². The largest absolute Gasteiger partial charge is 0.497 e. The summed E-state index contributed by atoms with van der Waals surface area (Å²) in [5, 5.41) is 2.82. The second kappa shape index (κ2) is 7.46. The maximum absolute atomic E-state index is 12.8. The summed E-state index contributed by atoms with van der Waals surface area (Å²) in [6.07, 6.45) is 3.50. The number of methoxy groups -OCH3 is 1. The summed E-state index contributed by atoms with van der Waals surface area (Å²) in [4.78, 5) is 39.5. The fourth-order valence-electron chi connectivity index (χ4n) is 4.11. The molecule has 6 nitrogen and oxygen atoms in total. The van der Waals surface area contributed by atoms with E-state index in [9.17, 15) is 14.4 Å². The number of carbonyl (C=O) groups excluding carboxylic acids is 3. The minimum absolute atomic E-state index is 0.139. The van der Waals surface area contributed by atoms with Crippen LogP contribution in [0.2, 0.25) is 0 Å². The van der Waals surface area contributed by atoms with Crippen molar-refractivity contribution in [2.45, 2.75) is 25.7 Å². The van der Waals surface area contributed by atoms with Crippen molar-refractivity contribution in [2.24, 2.45) is 11.8 Å². The molecule has 0 unspecified atom stereocenters. The van der Waals surface area contributed by atoms with Crippen molar-refractivity contribution in [3.05, 3.63) is 54.1 Å². The first-order valence-electron chi connectivity index (χ1n) is 9.52. The summed E-state index contributed by atoms with van der Waals surface area (Å²) in [5.74, 6) is -0.375. The summed E-state index contributed by atoms with van der Waals surface area (Å²) in [7, 11) is 1.56. The van der Waals surface area contributed by atoms with Gasteiger partial charge in [0.15, 0.2) is 0 Å². The van der Waals surface area contributed by atoms with Crippen LogP contribution in [0, 0.1) is 11.8 Å². The molecule has 28 heavy (non-hydrogen) atoms. The molecule has 0 radical (unpaired) electrons. The Hall–Kier alpha value is -3.15. The third kappa shape index (κ3) is 3.26. The molecule has 2 aromatic carbocycles. The molecule has 1 aliphatic heterocycles. The molecule has 6 heteroatoms. The third-order valence-electron chi connectivity index (χ3n) is 5.54. The van der Waals surface area contributed by atoms with Crippen LogP contribution in [0.3, 0.4) is 0 Å². The molecule has 2 aromatic rings. The van der Waals surface area contributed by atoms with E-state index in [0.29, 0.717) is 22.7 Å². The number of amides is 3. The number of fused-ring (bicyclic) bond motifs is 1. The molecule has 2 aliphatic rings. The predicted octanol–water partition coefficient (Wildman–Crippen LogP) is 3.63. The molecular formula is C22H22N2O4. The number of imide groups is 1. The maximum Gasteiger partial charge on any atom is 0.255 e. The molecule has 4 rings (SSSR count). The van der Waals surface area contributed by atoms with Gasteiger partial charge in [0.25, 0.3) is 5.91 Å². The van der Waals surface area contributed by atoms with E-state index in [4.69, 9.17) is 4.74 Å². The lowest BCUT2D eigenvalue weighted by Crippen LogP contribution is -2.31. The van der Waals surface area contributed by atoms with Crippen LogP contribution in [0.4, 0.5) is 11.4 Å². The van der Waals surface area contributed by atoms with Crippen molar-refractivity contribution in [2.75, 3.05) is 17.3 Å². The number of hydrogen-bond acceptors (Lipinski definition) is 4. The van der Waals surface area contributed by atoms with E-state index in [0.717, 1.165) is 25.7 Å². The normalized spacial score (nSPS) is 21.4. The molecule has 1 aliphatic carbocycles. The Kier molecular flexibility index (Phi) is 4.86. The zero-order valence-electron chi connectivity index (χ0n) is 15.7. The molecule has 2 atom stereocenters. The van der Waals surface area contributed by atoms with Gasteiger partial charge in [0, 0.05) is 17.3 Å². The molecule has 1 heterocycles. The Labute approximate surface area is 163 Å². The van der Waals surface area contributed by atoms with Crippen LogP contribution >= 0.6 is 0 Å². The van der Waals surface area contributed by atoms with Gasteiger partial charge in [-0.1, -0.05) is 25.0 Å². The Morgan fingerprint density at radius 2 is 1.68 bits per heavy atom. The van der Waals surface area contributed by atoms with Gasteiger partial charge in [-0.05, 0) is 43.2 Å². The highest BCUT2D eigenvalue weighted by Gasteiger charge is 2.48. The Morgan fingerprint density at radius 1 is 1.00 bits per heavy atom. The molecule has 3 amide bonds. The SMILES string of the molecule is COc1cccc(NC(=O)c2cccc(N3C(=O)[C@H]4CCCC[C@H]4C3=O)c2)c1. The summed E-state index contributed by atoms with van der Waals surface area (Å²) < 4.78 is 5.17. The van der Waals surface area contributed by atoms with E-state index in [1.807, 2.05) is 0 Å². The minimum Gasteiger partial charge on any atom is -0.497 e. The Balaban J connectivity index is 1.56. The van der Waals surface area contributed by atoms with E-state index in [2.05, 4.69) is 5.32 Å². The average Bonchev–Trinajstić information content (AvgIpc) is 2.99. The fourth-order valence-corrected chi connectivity index (χ4v) is 4.11. The van der Waals surface area contributed by atoms with Gasteiger partial charge in [-0.15, -0.1) is 0 Å². The van der Waals surface area contributed by atoms with E-state index in [1.54, 1.807) is 55.6 Å². The highest BCUT2D eigenvalue weighted by atomic mass is 16.5. The molecular weight excluding hydrogens is 356 g/mol. The number of hydrogen-bond donors (Lipinski definition) is 1. The molecule has 144 valence electrons. The van der Waals surface area contributed by atoms with Crippen molar-refractivity contribution < 1.29 is 19.1 Å². The van der Waals surface area contributed by atoms with Crippen molar-refractivity contribution in [3.8, 4) is 5.75 Å². The second-order valence-electron chi connectivity index (χ2n) is 7.25. The van der Waals surface area contributed by atoms with Crippen LogP contribution in [0.15, 0.2) is 48.5 Å². The van der Waals surface area contributed by atoms with Crippen LogP contribution < -0.4 is 15.0 Å². The van der Waals surface area contributed by atoms with E-state index in [1.165, 1.54) is 4.90 Å². The van der Waals surface area contributed by atoms with Crippen LogP contribution in [-0.2, 0) is 9.59 Å². The fraction of sp³-hybridized carbons (Fsp3) is 0.318. The van der Waals surface area contributed by atoms with E-state index in [-0.39, 0.29) is 29.6 Å². The van der Waals surface area contributed by atoms with Crippen molar-refractivity contribution >= 4 is 29.1 Å². The summed E-state index contributed by atoms with van der Waals surface area (Å²) in [5.41, 5.74) is 1.45. The molecule has 0 spiro atoms. The summed E-state index contributed by atoms with van der Waals surface area (Å²) in [6, 6.07) is 13.7. The zero-order chi connectivity index (χ0) is 19.7. The van der Waals surface area contributed by atoms with E-state index >= 15 is 0 Å². The zero-order valence-corrected chi connectivity index (χ0v) is 15.7. The average molecular weight is 378 g/mol. The predicted molar refractivity (Wildman–Crippen MR) is 105 cm³/mol. The van der Waals surface area contributed by atoms with Gasteiger partial charge >= 0.3 is 0 Å². The van der Waals surface area contributed by atoms with Gasteiger partial charge in [-0.25, -0.2) is 0 Å². The number of anilines is 2. The van der Waals surface area contributed by atoms with Crippen molar-refractivity contribution in [1.82, 2.24) is 0 Å². The lowest BCUT2D eigenvalue weighted by Gasteiger charge is -2.19. The van der Waals surface area contributed by atoms with Gasteiger partial charge < -0.3 is 10.1 Å². The van der Waals surface area contributed by atoms with Gasteiger partial charge in [0.2, 0.25) is 11.8 Å². The second-order valence-corrected chi connectivity index (χ2v) is 7.25. The van der Waals surface area contributed by atoms with Crippen LogP contribution in [-0.4, -0.2) is 24.8 Å². The van der Waals surface area contributed by atoms with Crippen molar-refractivity contribution in [3.63, 3.8) is 0 Å². The molecule has 1 N–H and O–H groups in total. The maximum atomic E-state index is 12.8. The lowest BCUT2D eigenvalue weighted by atomic mass is 9.81. The smallest absolute Gasteiger partial charge is 0.255 e. The highest BCUT2D eigenvalue weighted by Crippen LogP contribution is 2.40. The quantitative estimate of drug-likeness (QED) is 0.825. The standard InChI is InChI=1S/C22H22N2O4/c1-28-17-9-5-7-15(13-17)23-20(25)14-6-4-8-16(12-14)24-21(26)18-10-2-3-11-19(18)22(24)27/h4-9,12-13,18-19H,2-3,10-11H2,1H3,(H,23,25)/t18-,19+. The first-order valence-corrected chi connectivity index (χ1v) is 9.52. The third-order valence-corrected chi connectivity index (χ3v) is 5.54. The highest BCUT2D eigenvalue weighted by molar-refractivity contribution is 6.22. The van der Waals surface area contributed by atoms with E-state index < -0.39 is 0 Å². The Morgan fingerprint density at radius 3 is 2.36 bits per heavy atom. The minimum atomic E-state index is -0.313. The number of benzene rings is 2. The number of carbonyl (C=O) groups is 3. The van der Waals surface area contributed by atoms with Crippen LogP contribution in [0.1, 0.15) is 36.0 Å². The molecule has 2 fully saturated rings. The first kappa shape index (κ1) is 18.2. The first-order chi connectivity index (χ1) is 13.6. The van der Waals surface area contributed by atoms with Crippen LogP contribution in [0.5, 0.6) is 5.75 Å². The molecule has 1 saturated carbocycles. The Bertz CT molecular complexity index is 916. The topological polar surface area (TPSA) is 75.7 Å². The van der Waals surface area contributed by atoms with Crippen molar-refractivity contribution in [1.29, 1.82) is 0 Å².